The molecule has 56 valence electrons. The lowest BCUT2D eigenvalue weighted by molar-refractivity contribution is -0.144. The summed E-state index contributed by atoms with van der Waals surface area (Å²) in [5.74, 6) is -0.626. The lowest BCUT2D eigenvalue weighted by Crippen LogP contribution is -2.36. The SMILES string of the molecule is CC1(CC(=O)O)CC(=O)C1. The summed E-state index contributed by atoms with van der Waals surface area (Å²) < 4.78 is 0. The topological polar surface area (TPSA) is 54.4 Å². The molecule has 3 nitrogen and oxygen atoms in total. The predicted octanol–water partition coefficient (Wildman–Crippen LogP) is 0.830. The van der Waals surface area contributed by atoms with Crippen LogP contribution in [-0.2, 0) is 9.59 Å². The van der Waals surface area contributed by atoms with Gasteiger partial charge in [-0.3, -0.25) is 9.59 Å². The van der Waals surface area contributed by atoms with E-state index in [9.17, 15) is 9.59 Å². The van der Waals surface area contributed by atoms with Crippen LogP contribution in [0.5, 0.6) is 0 Å². The molecule has 1 fully saturated rings. The molecule has 10 heavy (non-hydrogen) atoms. The number of rotatable bonds is 2. The number of hydrogen-bond acceptors (Lipinski definition) is 2. The zero-order chi connectivity index (χ0) is 7.78. The van der Waals surface area contributed by atoms with Gasteiger partial charge in [-0.05, 0) is 5.41 Å². The fourth-order valence-electron chi connectivity index (χ4n) is 1.39. The van der Waals surface area contributed by atoms with Gasteiger partial charge >= 0.3 is 5.97 Å². The Bertz CT molecular complexity index is 175. The predicted molar refractivity (Wildman–Crippen MR) is 34.6 cm³/mol. The molecular formula is C7H10O3. The number of carbonyl (C=O) groups is 2. The van der Waals surface area contributed by atoms with Crippen LogP contribution in [0.1, 0.15) is 26.2 Å². The zero-order valence-corrected chi connectivity index (χ0v) is 5.89. The third kappa shape index (κ3) is 1.35. The highest BCUT2D eigenvalue weighted by molar-refractivity contribution is 5.87. The Morgan fingerprint density at radius 3 is 2.50 bits per heavy atom. The number of Topliss-reactive ketones (excluding diaryl/α,β-unsaturated/α-hetero) is 1. The minimum absolute atomic E-state index is 0.124. The summed E-state index contributed by atoms with van der Waals surface area (Å²) in [4.78, 5) is 20.7. The molecule has 1 N–H and O–H groups in total. The molecule has 0 radical (unpaired) electrons. The first kappa shape index (κ1) is 7.25. The summed E-state index contributed by atoms with van der Waals surface area (Å²) in [6.45, 7) is 1.84. The summed E-state index contributed by atoms with van der Waals surface area (Å²) in [7, 11) is 0. The van der Waals surface area contributed by atoms with Crippen molar-refractivity contribution in [3.63, 3.8) is 0 Å². The van der Waals surface area contributed by atoms with Crippen LogP contribution in [0, 0.1) is 5.41 Å². The van der Waals surface area contributed by atoms with E-state index in [1.165, 1.54) is 0 Å². The first-order valence-corrected chi connectivity index (χ1v) is 3.25. The molecule has 1 rings (SSSR count). The fourth-order valence-corrected chi connectivity index (χ4v) is 1.39. The number of carbonyl (C=O) groups excluding carboxylic acids is 1. The normalized spacial score (nSPS) is 21.9. The van der Waals surface area contributed by atoms with Gasteiger partial charge in [0.1, 0.15) is 5.78 Å². The van der Waals surface area contributed by atoms with Gasteiger partial charge in [0.15, 0.2) is 0 Å². The van der Waals surface area contributed by atoms with E-state index in [0.29, 0.717) is 12.8 Å². The smallest absolute Gasteiger partial charge is 0.303 e. The van der Waals surface area contributed by atoms with Crippen molar-refractivity contribution in [2.24, 2.45) is 5.41 Å². The standard InChI is InChI=1S/C7H10O3/c1-7(4-6(9)10)2-5(8)3-7/h2-4H2,1H3,(H,9,10). The minimum atomic E-state index is -0.810. The van der Waals surface area contributed by atoms with Crippen LogP contribution >= 0.6 is 0 Å². The Labute approximate surface area is 59.0 Å². The van der Waals surface area contributed by atoms with E-state index >= 15 is 0 Å². The lowest BCUT2D eigenvalue weighted by atomic mass is 9.67. The van der Waals surface area contributed by atoms with Crippen LogP contribution in [0.3, 0.4) is 0 Å². The molecule has 1 saturated carbocycles. The largest absolute Gasteiger partial charge is 0.481 e. The highest BCUT2D eigenvalue weighted by Crippen LogP contribution is 2.40. The Kier molecular flexibility index (Phi) is 1.50. The molecular weight excluding hydrogens is 132 g/mol. The maximum Gasteiger partial charge on any atom is 0.303 e. The molecule has 0 unspecified atom stereocenters. The van der Waals surface area contributed by atoms with Crippen molar-refractivity contribution in [3.8, 4) is 0 Å². The third-order valence-corrected chi connectivity index (χ3v) is 1.83. The van der Waals surface area contributed by atoms with E-state index in [1.807, 2.05) is 6.92 Å². The van der Waals surface area contributed by atoms with Gasteiger partial charge in [-0.15, -0.1) is 0 Å². The van der Waals surface area contributed by atoms with Crippen LogP contribution in [0.2, 0.25) is 0 Å². The lowest BCUT2D eigenvalue weighted by Gasteiger charge is -2.35. The van der Waals surface area contributed by atoms with Crippen molar-refractivity contribution < 1.29 is 14.7 Å². The van der Waals surface area contributed by atoms with Gasteiger partial charge in [0.2, 0.25) is 0 Å². The van der Waals surface area contributed by atoms with E-state index in [2.05, 4.69) is 0 Å². The molecule has 0 bridgehead atoms. The van der Waals surface area contributed by atoms with Crippen LogP contribution in [-0.4, -0.2) is 16.9 Å². The molecule has 0 heterocycles. The average Bonchev–Trinajstić information content (AvgIpc) is 1.57. The second kappa shape index (κ2) is 2.08. The van der Waals surface area contributed by atoms with Crippen molar-refractivity contribution in [2.45, 2.75) is 26.2 Å². The van der Waals surface area contributed by atoms with E-state index in [-0.39, 0.29) is 17.6 Å². The third-order valence-electron chi connectivity index (χ3n) is 1.83. The number of hydrogen-bond donors (Lipinski definition) is 1. The summed E-state index contributed by atoms with van der Waals surface area (Å²) in [5, 5.41) is 8.39. The van der Waals surface area contributed by atoms with Crippen LogP contribution in [0.4, 0.5) is 0 Å². The Balaban J connectivity index is 2.41. The van der Waals surface area contributed by atoms with Gasteiger partial charge in [0.25, 0.3) is 0 Å². The van der Waals surface area contributed by atoms with Gasteiger partial charge in [0.05, 0.1) is 6.42 Å². The molecule has 1 aliphatic carbocycles. The van der Waals surface area contributed by atoms with Crippen LogP contribution < -0.4 is 0 Å². The molecule has 0 aromatic heterocycles. The molecule has 0 aliphatic heterocycles. The van der Waals surface area contributed by atoms with E-state index in [1.54, 1.807) is 0 Å². The van der Waals surface area contributed by atoms with E-state index in [0.717, 1.165) is 0 Å². The number of aliphatic carboxylic acids is 1. The fraction of sp³-hybridized carbons (Fsp3) is 0.714. The van der Waals surface area contributed by atoms with Crippen molar-refractivity contribution in [2.75, 3.05) is 0 Å². The first-order valence-electron chi connectivity index (χ1n) is 3.25. The van der Waals surface area contributed by atoms with E-state index in [4.69, 9.17) is 5.11 Å². The molecule has 0 saturated heterocycles. The Morgan fingerprint density at radius 1 is 1.70 bits per heavy atom. The summed E-state index contributed by atoms with van der Waals surface area (Å²) >= 11 is 0. The molecule has 0 atom stereocenters. The molecule has 0 amide bonds. The Hall–Kier alpha value is -0.860. The summed E-state index contributed by atoms with van der Waals surface area (Å²) in [5.41, 5.74) is -0.233. The Morgan fingerprint density at radius 2 is 2.20 bits per heavy atom. The highest BCUT2D eigenvalue weighted by atomic mass is 16.4. The zero-order valence-electron chi connectivity index (χ0n) is 5.89. The van der Waals surface area contributed by atoms with Crippen molar-refractivity contribution in [1.82, 2.24) is 0 Å². The molecule has 0 aromatic carbocycles. The number of ketones is 1. The minimum Gasteiger partial charge on any atom is -0.481 e. The first-order chi connectivity index (χ1) is 4.52. The quantitative estimate of drug-likeness (QED) is 0.621. The van der Waals surface area contributed by atoms with Crippen molar-refractivity contribution in [3.05, 3.63) is 0 Å². The van der Waals surface area contributed by atoms with E-state index < -0.39 is 5.97 Å². The van der Waals surface area contributed by atoms with Crippen molar-refractivity contribution >= 4 is 11.8 Å². The van der Waals surface area contributed by atoms with Gasteiger partial charge in [-0.1, -0.05) is 6.92 Å². The van der Waals surface area contributed by atoms with Gasteiger partial charge in [-0.2, -0.15) is 0 Å². The van der Waals surface area contributed by atoms with Gasteiger partial charge in [0, 0.05) is 12.8 Å². The van der Waals surface area contributed by atoms with Crippen LogP contribution in [0.25, 0.3) is 0 Å². The number of carboxylic acids is 1. The second-order valence-corrected chi connectivity index (χ2v) is 3.27. The molecule has 1 aliphatic rings. The highest BCUT2D eigenvalue weighted by Gasteiger charge is 2.40. The summed E-state index contributed by atoms with van der Waals surface area (Å²) in [6.07, 6.45) is 1.01. The summed E-state index contributed by atoms with van der Waals surface area (Å²) in [6, 6.07) is 0. The van der Waals surface area contributed by atoms with Gasteiger partial charge < -0.3 is 5.11 Å². The van der Waals surface area contributed by atoms with Crippen LogP contribution in [0.15, 0.2) is 0 Å². The maximum atomic E-state index is 10.5. The number of carboxylic acid groups (broad SMARTS) is 1. The van der Waals surface area contributed by atoms with Crippen molar-refractivity contribution in [1.29, 1.82) is 0 Å². The monoisotopic (exact) mass is 142 g/mol. The molecule has 3 heteroatoms. The molecule has 0 aromatic rings. The second-order valence-electron chi connectivity index (χ2n) is 3.27. The average molecular weight is 142 g/mol. The maximum absolute atomic E-state index is 10.5. The van der Waals surface area contributed by atoms with Gasteiger partial charge in [-0.25, -0.2) is 0 Å². The molecule has 0 spiro atoms.